The summed E-state index contributed by atoms with van der Waals surface area (Å²) >= 11 is 0. The summed E-state index contributed by atoms with van der Waals surface area (Å²) in [6.45, 7) is 0. The van der Waals surface area contributed by atoms with E-state index in [-0.39, 0.29) is 0 Å². The van der Waals surface area contributed by atoms with Crippen molar-refractivity contribution in [3.63, 3.8) is 0 Å². The van der Waals surface area contributed by atoms with Crippen molar-refractivity contribution in [3.8, 4) is 45.3 Å². The van der Waals surface area contributed by atoms with Crippen LogP contribution >= 0.6 is 0 Å². The first kappa shape index (κ1) is 27.5. The molecule has 0 saturated heterocycles. The van der Waals surface area contributed by atoms with Gasteiger partial charge < -0.3 is 4.42 Å². The summed E-state index contributed by atoms with van der Waals surface area (Å²) in [5.74, 6) is 1.86. The fourth-order valence-electron chi connectivity index (χ4n) is 7.21. The fraction of sp³-hybridized carbons (Fsp3) is 0. The maximum atomic E-state index is 6.21. The summed E-state index contributed by atoms with van der Waals surface area (Å²) in [5, 5.41) is 9.55. The molecule has 0 radical (unpaired) electrons. The van der Waals surface area contributed by atoms with Crippen molar-refractivity contribution in [1.29, 1.82) is 0 Å². The highest BCUT2D eigenvalue weighted by atomic mass is 16.3. The minimum absolute atomic E-state index is 0.609. The number of benzene rings is 8. The van der Waals surface area contributed by atoms with Crippen LogP contribution in [-0.4, -0.2) is 15.0 Å². The molecule has 10 rings (SSSR count). The van der Waals surface area contributed by atoms with Crippen molar-refractivity contribution in [3.05, 3.63) is 164 Å². The van der Waals surface area contributed by atoms with Gasteiger partial charge >= 0.3 is 0 Å². The molecule has 4 nitrogen and oxygen atoms in total. The zero-order chi connectivity index (χ0) is 32.3. The fourth-order valence-corrected chi connectivity index (χ4v) is 7.21. The smallest absolute Gasteiger partial charge is 0.164 e. The molecular weight excluding hydrogens is 599 g/mol. The van der Waals surface area contributed by atoms with E-state index in [1.54, 1.807) is 0 Å². The normalized spacial score (nSPS) is 11.7. The molecule has 0 aliphatic rings. The summed E-state index contributed by atoms with van der Waals surface area (Å²) in [5.41, 5.74) is 6.75. The van der Waals surface area contributed by atoms with Crippen molar-refractivity contribution in [2.45, 2.75) is 0 Å². The van der Waals surface area contributed by atoms with Gasteiger partial charge in [-0.15, -0.1) is 0 Å². The second-order valence-electron chi connectivity index (χ2n) is 12.4. The highest BCUT2D eigenvalue weighted by Gasteiger charge is 2.18. The maximum Gasteiger partial charge on any atom is 0.164 e. The lowest BCUT2D eigenvalue weighted by Crippen LogP contribution is -2.00. The van der Waals surface area contributed by atoms with Crippen molar-refractivity contribution in [1.82, 2.24) is 15.0 Å². The van der Waals surface area contributed by atoms with Gasteiger partial charge in [-0.25, -0.2) is 15.0 Å². The second-order valence-corrected chi connectivity index (χ2v) is 12.4. The lowest BCUT2D eigenvalue weighted by atomic mass is 9.90. The van der Waals surface area contributed by atoms with Gasteiger partial charge in [-0.2, -0.15) is 0 Å². The van der Waals surface area contributed by atoms with E-state index in [1.165, 1.54) is 37.9 Å². The predicted octanol–water partition coefficient (Wildman–Crippen LogP) is 11.9. The van der Waals surface area contributed by atoms with Crippen LogP contribution in [0.3, 0.4) is 0 Å². The molecule has 0 spiro atoms. The van der Waals surface area contributed by atoms with Crippen LogP contribution in [0.4, 0.5) is 0 Å². The van der Waals surface area contributed by atoms with Crippen LogP contribution in [-0.2, 0) is 0 Å². The van der Waals surface area contributed by atoms with E-state index >= 15 is 0 Å². The van der Waals surface area contributed by atoms with Crippen LogP contribution in [0.2, 0.25) is 0 Å². The largest absolute Gasteiger partial charge is 0.456 e. The van der Waals surface area contributed by atoms with Gasteiger partial charge in [0.2, 0.25) is 0 Å². The van der Waals surface area contributed by atoms with Gasteiger partial charge in [0.15, 0.2) is 17.5 Å². The molecule has 4 heteroatoms. The Labute approximate surface area is 282 Å². The Morgan fingerprint density at radius 3 is 1.71 bits per heavy atom. The number of hydrogen-bond donors (Lipinski definition) is 0. The first-order chi connectivity index (χ1) is 24.3. The summed E-state index contributed by atoms with van der Waals surface area (Å²) < 4.78 is 6.21. The van der Waals surface area contributed by atoms with Crippen LogP contribution in [0, 0.1) is 0 Å². The number of fused-ring (bicyclic) bond motifs is 8. The van der Waals surface area contributed by atoms with Crippen LogP contribution < -0.4 is 0 Å². The molecule has 2 aromatic heterocycles. The van der Waals surface area contributed by atoms with Crippen molar-refractivity contribution in [2.75, 3.05) is 0 Å². The van der Waals surface area contributed by atoms with Gasteiger partial charge in [-0.05, 0) is 61.6 Å². The average Bonchev–Trinajstić information content (AvgIpc) is 3.57. The monoisotopic (exact) mass is 625 g/mol. The Morgan fingerprint density at radius 2 is 0.918 bits per heavy atom. The molecule has 0 N–H and O–H groups in total. The van der Waals surface area contributed by atoms with E-state index in [1.807, 2.05) is 60.7 Å². The van der Waals surface area contributed by atoms with Crippen LogP contribution in [0.1, 0.15) is 0 Å². The molecule has 0 amide bonds. The van der Waals surface area contributed by atoms with Crippen molar-refractivity contribution < 1.29 is 4.42 Å². The quantitative estimate of drug-likeness (QED) is 0.183. The average molecular weight is 626 g/mol. The zero-order valence-electron chi connectivity index (χ0n) is 26.3. The Kier molecular flexibility index (Phi) is 6.15. The summed E-state index contributed by atoms with van der Waals surface area (Å²) in [6.07, 6.45) is 0. The van der Waals surface area contributed by atoms with E-state index in [9.17, 15) is 0 Å². The summed E-state index contributed by atoms with van der Waals surface area (Å²) in [4.78, 5) is 15.1. The highest BCUT2D eigenvalue weighted by molar-refractivity contribution is 6.24. The highest BCUT2D eigenvalue weighted by Crippen LogP contribution is 2.40. The van der Waals surface area contributed by atoms with Gasteiger partial charge in [0.1, 0.15) is 11.2 Å². The molecule has 0 aliphatic heterocycles. The third-order valence-electron chi connectivity index (χ3n) is 9.51. The number of aromatic nitrogens is 3. The molecule has 0 atom stereocenters. The molecular formula is C45H27N3O. The molecule has 0 bridgehead atoms. The molecule has 0 aliphatic carbocycles. The third-order valence-corrected chi connectivity index (χ3v) is 9.51. The summed E-state index contributed by atoms with van der Waals surface area (Å²) in [6, 6.07) is 57.0. The van der Waals surface area contributed by atoms with E-state index in [2.05, 4.69) is 103 Å². The minimum Gasteiger partial charge on any atom is -0.456 e. The lowest BCUT2D eigenvalue weighted by molar-refractivity contribution is 0.669. The molecule has 2 heterocycles. The Bertz CT molecular complexity index is 2860. The number of nitrogens with zero attached hydrogens (tertiary/aromatic N) is 3. The molecule has 0 saturated carbocycles. The third kappa shape index (κ3) is 4.49. The predicted molar refractivity (Wildman–Crippen MR) is 201 cm³/mol. The van der Waals surface area contributed by atoms with E-state index in [0.717, 1.165) is 44.2 Å². The first-order valence-corrected chi connectivity index (χ1v) is 16.4. The van der Waals surface area contributed by atoms with Gasteiger partial charge in [0, 0.05) is 27.5 Å². The zero-order valence-corrected chi connectivity index (χ0v) is 26.3. The topological polar surface area (TPSA) is 51.8 Å². The second kappa shape index (κ2) is 11.0. The molecule has 228 valence electrons. The van der Waals surface area contributed by atoms with Crippen molar-refractivity contribution in [2.24, 2.45) is 0 Å². The van der Waals surface area contributed by atoms with Gasteiger partial charge in [-0.3, -0.25) is 0 Å². The van der Waals surface area contributed by atoms with Gasteiger partial charge in [-0.1, -0.05) is 146 Å². The van der Waals surface area contributed by atoms with E-state index in [4.69, 9.17) is 19.4 Å². The van der Waals surface area contributed by atoms with Crippen LogP contribution in [0.15, 0.2) is 168 Å². The Balaban J connectivity index is 1.15. The molecule has 0 fully saturated rings. The standard InChI is InChI=1S/C45H27N3O/c1-2-12-30(13-3-1)43-46-44(48-45(47-43)37-18-10-20-40-42(37)36-17-8-9-19-39(36)49-40)31-23-21-29(22-24-31)38-27-32-14-5-7-16-34(32)41-33-15-6-4-11-28(33)25-26-35(38)41/h1-27H. The number of furan rings is 1. The molecule has 10 aromatic rings. The van der Waals surface area contributed by atoms with Crippen molar-refractivity contribution >= 4 is 54.3 Å². The summed E-state index contributed by atoms with van der Waals surface area (Å²) in [7, 11) is 0. The van der Waals surface area contributed by atoms with E-state index < -0.39 is 0 Å². The van der Waals surface area contributed by atoms with E-state index in [0.29, 0.717) is 17.5 Å². The molecule has 0 unspecified atom stereocenters. The molecule has 49 heavy (non-hydrogen) atoms. The number of hydrogen-bond acceptors (Lipinski definition) is 4. The minimum atomic E-state index is 0.609. The molecule has 8 aromatic carbocycles. The number of rotatable bonds is 4. The number of para-hydroxylation sites is 1. The Morgan fingerprint density at radius 1 is 0.327 bits per heavy atom. The van der Waals surface area contributed by atoms with Gasteiger partial charge in [0.05, 0.1) is 0 Å². The van der Waals surface area contributed by atoms with Gasteiger partial charge in [0.25, 0.3) is 0 Å². The lowest BCUT2D eigenvalue weighted by Gasteiger charge is -2.14. The first-order valence-electron chi connectivity index (χ1n) is 16.4. The SMILES string of the molecule is c1ccc(-c2nc(-c3ccc(-c4cc5ccccc5c5c4ccc4ccccc45)cc3)nc(-c3cccc4oc5ccccc5c34)n2)cc1. The maximum absolute atomic E-state index is 6.21. The van der Waals surface area contributed by atoms with Crippen LogP contribution in [0.25, 0.3) is 99.5 Å². The van der Waals surface area contributed by atoms with Crippen LogP contribution in [0.5, 0.6) is 0 Å². The Hall–Kier alpha value is -6.65.